The molecule has 0 spiro atoms. The Morgan fingerprint density at radius 3 is 2.21 bits per heavy atom. The molecular formula is C13H12F4O2. The van der Waals surface area contributed by atoms with Gasteiger partial charge in [0, 0.05) is 18.4 Å². The topological polar surface area (TPSA) is 37.3 Å². The van der Waals surface area contributed by atoms with Gasteiger partial charge in [-0.2, -0.15) is 0 Å². The third kappa shape index (κ3) is 2.31. The molecule has 0 unspecified atom stereocenters. The van der Waals surface area contributed by atoms with E-state index in [2.05, 4.69) is 0 Å². The van der Waals surface area contributed by atoms with E-state index >= 15 is 0 Å². The molecule has 0 atom stereocenters. The van der Waals surface area contributed by atoms with Crippen molar-refractivity contribution in [2.75, 3.05) is 0 Å². The fraction of sp³-hybridized carbons (Fsp3) is 0.462. The first-order valence-corrected chi connectivity index (χ1v) is 5.84. The van der Waals surface area contributed by atoms with Crippen molar-refractivity contribution in [2.24, 2.45) is 0 Å². The molecule has 104 valence electrons. The summed E-state index contributed by atoms with van der Waals surface area (Å²) in [6.07, 6.45) is -2.10. The number of alkyl halides is 2. The van der Waals surface area contributed by atoms with Gasteiger partial charge in [-0.05, 0) is 18.9 Å². The van der Waals surface area contributed by atoms with E-state index in [1.54, 1.807) is 0 Å². The van der Waals surface area contributed by atoms with E-state index in [0.717, 1.165) is 12.1 Å². The number of carboxylic acids is 1. The smallest absolute Gasteiger partial charge is 0.314 e. The lowest BCUT2D eigenvalue weighted by atomic mass is 9.68. The van der Waals surface area contributed by atoms with Gasteiger partial charge in [-0.3, -0.25) is 4.79 Å². The summed E-state index contributed by atoms with van der Waals surface area (Å²) in [5.41, 5.74) is -2.12. The SMILES string of the molecule is O=C(O)C1(c2cccc(F)c2F)CCC(F)(F)CC1. The van der Waals surface area contributed by atoms with E-state index in [0.29, 0.717) is 0 Å². The summed E-state index contributed by atoms with van der Waals surface area (Å²) in [5, 5.41) is 9.29. The summed E-state index contributed by atoms with van der Waals surface area (Å²) in [7, 11) is 0. The number of halogens is 4. The number of carbonyl (C=O) groups is 1. The standard InChI is InChI=1S/C13H12F4O2/c14-9-3-1-2-8(10(9)15)12(11(18)19)4-6-13(16,17)7-5-12/h1-3H,4-7H2,(H,18,19). The van der Waals surface area contributed by atoms with Crippen molar-refractivity contribution >= 4 is 5.97 Å². The molecule has 0 aliphatic heterocycles. The first kappa shape index (κ1) is 13.8. The van der Waals surface area contributed by atoms with Gasteiger partial charge >= 0.3 is 5.97 Å². The fourth-order valence-electron chi connectivity index (χ4n) is 2.51. The highest BCUT2D eigenvalue weighted by Gasteiger charge is 2.50. The van der Waals surface area contributed by atoms with E-state index in [-0.39, 0.29) is 5.56 Å². The zero-order valence-electron chi connectivity index (χ0n) is 9.93. The molecule has 1 aliphatic rings. The van der Waals surface area contributed by atoms with Gasteiger partial charge in [0.05, 0.1) is 5.41 Å². The van der Waals surface area contributed by atoms with Crippen LogP contribution in [0.2, 0.25) is 0 Å². The number of aliphatic carboxylic acids is 1. The Balaban J connectivity index is 2.47. The predicted octanol–water partition coefficient (Wildman–Crippen LogP) is 3.50. The molecule has 1 aromatic rings. The van der Waals surface area contributed by atoms with Crippen LogP contribution in [0.15, 0.2) is 18.2 Å². The second kappa shape index (κ2) is 4.51. The minimum Gasteiger partial charge on any atom is -0.481 e. The molecule has 0 saturated heterocycles. The highest BCUT2D eigenvalue weighted by Crippen LogP contribution is 2.46. The van der Waals surface area contributed by atoms with Crippen LogP contribution in [-0.4, -0.2) is 17.0 Å². The molecule has 0 bridgehead atoms. The molecule has 1 N–H and O–H groups in total. The summed E-state index contributed by atoms with van der Waals surface area (Å²) in [4.78, 5) is 11.4. The molecule has 0 amide bonds. The Morgan fingerprint density at radius 2 is 1.68 bits per heavy atom. The van der Waals surface area contributed by atoms with Crippen molar-refractivity contribution in [1.29, 1.82) is 0 Å². The van der Waals surface area contributed by atoms with Crippen LogP contribution >= 0.6 is 0 Å². The lowest BCUT2D eigenvalue weighted by Gasteiger charge is -2.37. The van der Waals surface area contributed by atoms with Crippen LogP contribution in [0.4, 0.5) is 17.6 Å². The molecule has 0 radical (unpaired) electrons. The fourth-order valence-corrected chi connectivity index (χ4v) is 2.51. The lowest BCUT2D eigenvalue weighted by Crippen LogP contribution is -2.43. The van der Waals surface area contributed by atoms with Crippen LogP contribution in [-0.2, 0) is 10.2 Å². The summed E-state index contributed by atoms with van der Waals surface area (Å²) in [6, 6.07) is 3.20. The molecule has 1 aromatic carbocycles. The van der Waals surface area contributed by atoms with Gasteiger partial charge in [0.15, 0.2) is 11.6 Å². The number of rotatable bonds is 2. The maximum atomic E-state index is 13.8. The molecule has 0 heterocycles. The number of carboxylic acid groups (broad SMARTS) is 1. The first-order valence-electron chi connectivity index (χ1n) is 5.84. The van der Waals surface area contributed by atoms with Crippen LogP contribution in [0, 0.1) is 11.6 Å². The first-order chi connectivity index (χ1) is 8.78. The molecular weight excluding hydrogens is 264 g/mol. The quantitative estimate of drug-likeness (QED) is 0.839. The molecule has 19 heavy (non-hydrogen) atoms. The van der Waals surface area contributed by atoms with Crippen molar-refractivity contribution in [3.8, 4) is 0 Å². The molecule has 2 rings (SSSR count). The third-order valence-corrected chi connectivity index (χ3v) is 3.71. The summed E-state index contributed by atoms with van der Waals surface area (Å²) in [5.74, 6) is -6.78. The van der Waals surface area contributed by atoms with Gasteiger partial charge in [-0.1, -0.05) is 12.1 Å². The molecule has 1 aliphatic carbocycles. The Kier molecular flexibility index (Phi) is 3.28. The van der Waals surface area contributed by atoms with Crippen LogP contribution < -0.4 is 0 Å². The lowest BCUT2D eigenvalue weighted by molar-refractivity contribution is -0.149. The maximum Gasteiger partial charge on any atom is 0.314 e. The zero-order valence-corrected chi connectivity index (χ0v) is 9.93. The molecule has 2 nitrogen and oxygen atoms in total. The van der Waals surface area contributed by atoms with Crippen LogP contribution in [0.3, 0.4) is 0 Å². The predicted molar refractivity (Wildman–Crippen MR) is 59.1 cm³/mol. The number of hydrogen-bond acceptors (Lipinski definition) is 1. The summed E-state index contributed by atoms with van der Waals surface area (Å²) >= 11 is 0. The number of hydrogen-bond donors (Lipinski definition) is 1. The highest BCUT2D eigenvalue weighted by atomic mass is 19.3. The second-order valence-corrected chi connectivity index (χ2v) is 4.84. The van der Waals surface area contributed by atoms with Crippen molar-refractivity contribution in [1.82, 2.24) is 0 Å². The molecule has 1 fully saturated rings. The van der Waals surface area contributed by atoms with Crippen LogP contribution in [0.5, 0.6) is 0 Å². The Labute approximate surface area is 107 Å². The summed E-state index contributed by atoms with van der Waals surface area (Å²) < 4.78 is 53.3. The Bertz CT molecular complexity index is 503. The van der Waals surface area contributed by atoms with Crippen LogP contribution in [0.1, 0.15) is 31.2 Å². The highest BCUT2D eigenvalue weighted by molar-refractivity contribution is 5.81. The monoisotopic (exact) mass is 276 g/mol. The Hall–Kier alpha value is -1.59. The second-order valence-electron chi connectivity index (χ2n) is 4.84. The van der Waals surface area contributed by atoms with Crippen molar-refractivity contribution in [2.45, 2.75) is 37.0 Å². The van der Waals surface area contributed by atoms with Gasteiger partial charge < -0.3 is 5.11 Å². The van der Waals surface area contributed by atoms with E-state index in [9.17, 15) is 27.5 Å². The van der Waals surface area contributed by atoms with Crippen molar-refractivity contribution in [3.63, 3.8) is 0 Å². The van der Waals surface area contributed by atoms with Gasteiger partial charge in [0.1, 0.15) is 0 Å². The zero-order chi connectivity index (χ0) is 14.3. The minimum atomic E-state index is -2.94. The molecule has 6 heteroatoms. The van der Waals surface area contributed by atoms with E-state index in [1.807, 2.05) is 0 Å². The van der Waals surface area contributed by atoms with Gasteiger partial charge in [-0.25, -0.2) is 17.6 Å². The van der Waals surface area contributed by atoms with E-state index < -0.39 is 54.6 Å². The van der Waals surface area contributed by atoms with Crippen molar-refractivity contribution < 1.29 is 27.5 Å². The third-order valence-electron chi connectivity index (χ3n) is 3.71. The normalized spacial score (nSPS) is 21.1. The minimum absolute atomic E-state index is 0.351. The molecule has 1 saturated carbocycles. The van der Waals surface area contributed by atoms with E-state index in [4.69, 9.17) is 0 Å². The van der Waals surface area contributed by atoms with E-state index in [1.165, 1.54) is 6.07 Å². The Morgan fingerprint density at radius 1 is 1.11 bits per heavy atom. The van der Waals surface area contributed by atoms with Crippen molar-refractivity contribution in [3.05, 3.63) is 35.4 Å². The average molecular weight is 276 g/mol. The molecule has 0 aromatic heterocycles. The van der Waals surface area contributed by atoms with Gasteiger partial charge in [0.2, 0.25) is 5.92 Å². The largest absolute Gasteiger partial charge is 0.481 e. The number of benzene rings is 1. The summed E-state index contributed by atoms with van der Waals surface area (Å²) in [6.45, 7) is 0. The van der Waals surface area contributed by atoms with Gasteiger partial charge in [-0.15, -0.1) is 0 Å². The van der Waals surface area contributed by atoms with Crippen LogP contribution in [0.25, 0.3) is 0 Å². The maximum absolute atomic E-state index is 13.8. The average Bonchev–Trinajstić information content (AvgIpc) is 2.33. The van der Waals surface area contributed by atoms with Gasteiger partial charge in [0.25, 0.3) is 0 Å².